The van der Waals surface area contributed by atoms with Crippen LogP contribution in [0.4, 0.5) is 10.1 Å². The van der Waals surface area contributed by atoms with Gasteiger partial charge in [-0.2, -0.15) is 0 Å². The monoisotopic (exact) mass is 354 g/mol. The Bertz CT molecular complexity index is 835. The summed E-state index contributed by atoms with van der Waals surface area (Å²) in [6, 6.07) is 8.38. The lowest BCUT2D eigenvalue weighted by molar-refractivity contribution is 0.507. The van der Waals surface area contributed by atoms with E-state index >= 15 is 0 Å². The van der Waals surface area contributed by atoms with Crippen molar-refractivity contribution < 1.29 is 12.8 Å². The van der Waals surface area contributed by atoms with Crippen LogP contribution in [0.1, 0.15) is 30.0 Å². The second kappa shape index (κ2) is 6.11. The standard InChI is InChI=1S/C16H16ClFN2O2S/c17-11-7-12(18)9-14(8-11)23(21,22)20-16-3-1-2-10-6-13(19)4-5-15(10)16/h4-9,16,20H,1-3,19H2. The number of hydrogen-bond acceptors (Lipinski definition) is 3. The van der Waals surface area contributed by atoms with Crippen LogP contribution < -0.4 is 10.5 Å². The van der Waals surface area contributed by atoms with Crippen LogP contribution in [-0.2, 0) is 16.4 Å². The number of benzene rings is 2. The quantitative estimate of drug-likeness (QED) is 0.829. The topological polar surface area (TPSA) is 72.2 Å². The second-order valence-corrected chi connectivity index (χ2v) is 7.78. The Kier molecular flexibility index (Phi) is 4.31. The lowest BCUT2D eigenvalue weighted by atomic mass is 9.88. The summed E-state index contributed by atoms with van der Waals surface area (Å²) in [6.07, 6.45) is 2.40. The third-order valence-electron chi connectivity index (χ3n) is 3.93. The molecule has 122 valence electrons. The Hall–Kier alpha value is -1.63. The Labute approximate surface area is 139 Å². The number of rotatable bonds is 3. The SMILES string of the molecule is Nc1ccc2c(c1)CCCC2NS(=O)(=O)c1cc(F)cc(Cl)c1. The van der Waals surface area contributed by atoms with Crippen molar-refractivity contribution in [2.45, 2.75) is 30.2 Å². The molecule has 0 aliphatic heterocycles. The summed E-state index contributed by atoms with van der Waals surface area (Å²) in [7, 11) is -3.86. The van der Waals surface area contributed by atoms with E-state index in [-0.39, 0.29) is 16.0 Å². The summed E-state index contributed by atoms with van der Waals surface area (Å²) in [5.41, 5.74) is 8.40. The predicted molar refractivity (Wildman–Crippen MR) is 88.3 cm³/mol. The van der Waals surface area contributed by atoms with Gasteiger partial charge in [-0.05, 0) is 60.7 Å². The van der Waals surface area contributed by atoms with Gasteiger partial charge in [-0.25, -0.2) is 17.5 Å². The normalized spacial score (nSPS) is 17.7. The molecule has 1 aliphatic carbocycles. The molecule has 3 N–H and O–H groups in total. The van der Waals surface area contributed by atoms with Gasteiger partial charge in [0.15, 0.2) is 0 Å². The van der Waals surface area contributed by atoms with E-state index in [0.717, 1.165) is 36.1 Å². The highest BCUT2D eigenvalue weighted by Crippen LogP contribution is 2.32. The smallest absolute Gasteiger partial charge is 0.241 e. The Morgan fingerprint density at radius 1 is 1.22 bits per heavy atom. The average Bonchev–Trinajstić information content (AvgIpc) is 2.45. The number of aryl methyl sites for hydroxylation is 1. The van der Waals surface area contributed by atoms with Crippen molar-refractivity contribution in [2.75, 3.05) is 5.73 Å². The molecule has 0 saturated carbocycles. The fraction of sp³-hybridized carbons (Fsp3) is 0.250. The van der Waals surface area contributed by atoms with Crippen molar-refractivity contribution in [1.29, 1.82) is 0 Å². The van der Waals surface area contributed by atoms with Crippen molar-refractivity contribution >= 4 is 27.3 Å². The number of nitrogens with one attached hydrogen (secondary N) is 1. The summed E-state index contributed by atoms with van der Waals surface area (Å²) in [6.45, 7) is 0. The lowest BCUT2D eigenvalue weighted by Gasteiger charge is -2.26. The maximum absolute atomic E-state index is 13.4. The van der Waals surface area contributed by atoms with Crippen molar-refractivity contribution in [3.05, 3.63) is 58.4 Å². The minimum Gasteiger partial charge on any atom is -0.399 e. The van der Waals surface area contributed by atoms with Gasteiger partial charge in [0, 0.05) is 16.8 Å². The van der Waals surface area contributed by atoms with Crippen LogP contribution in [0.2, 0.25) is 5.02 Å². The number of fused-ring (bicyclic) bond motifs is 1. The average molecular weight is 355 g/mol. The highest BCUT2D eigenvalue weighted by molar-refractivity contribution is 7.89. The number of anilines is 1. The molecule has 0 aromatic heterocycles. The molecule has 0 fully saturated rings. The van der Waals surface area contributed by atoms with Crippen LogP contribution in [0.3, 0.4) is 0 Å². The molecule has 0 saturated heterocycles. The molecule has 3 rings (SSSR count). The Morgan fingerprint density at radius 2 is 2.00 bits per heavy atom. The summed E-state index contributed by atoms with van der Waals surface area (Å²) in [4.78, 5) is -0.176. The molecule has 1 unspecified atom stereocenters. The van der Waals surface area contributed by atoms with Gasteiger partial charge in [0.1, 0.15) is 5.82 Å². The molecular weight excluding hydrogens is 339 g/mol. The minimum atomic E-state index is -3.86. The van der Waals surface area contributed by atoms with Crippen LogP contribution >= 0.6 is 11.6 Å². The first-order valence-corrected chi connectivity index (χ1v) is 9.08. The molecule has 0 radical (unpaired) electrons. The third-order valence-corrected chi connectivity index (χ3v) is 5.59. The van der Waals surface area contributed by atoms with E-state index in [1.807, 2.05) is 12.1 Å². The molecule has 2 aromatic carbocycles. The number of nitrogens with two attached hydrogens (primary N) is 1. The fourth-order valence-corrected chi connectivity index (χ4v) is 4.49. The molecule has 4 nitrogen and oxygen atoms in total. The van der Waals surface area contributed by atoms with Gasteiger partial charge in [0.05, 0.1) is 4.90 Å². The first-order chi connectivity index (χ1) is 10.8. The van der Waals surface area contributed by atoms with Gasteiger partial charge in [0.25, 0.3) is 0 Å². The first-order valence-electron chi connectivity index (χ1n) is 7.22. The summed E-state index contributed by atoms with van der Waals surface area (Å²) < 4.78 is 41.1. The number of hydrogen-bond donors (Lipinski definition) is 2. The molecule has 2 aromatic rings. The molecule has 0 bridgehead atoms. The van der Waals surface area contributed by atoms with E-state index < -0.39 is 15.8 Å². The first kappa shape index (κ1) is 16.2. The Morgan fingerprint density at radius 3 is 2.74 bits per heavy atom. The van der Waals surface area contributed by atoms with E-state index in [4.69, 9.17) is 17.3 Å². The molecule has 0 amide bonds. The van der Waals surface area contributed by atoms with E-state index in [2.05, 4.69) is 4.72 Å². The van der Waals surface area contributed by atoms with Crippen LogP contribution in [0.5, 0.6) is 0 Å². The molecule has 7 heteroatoms. The van der Waals surface area contributed by atoms with Crippen LogP contribution in [-0.4, -0.2) is 8.42 Å². The fourth-order valence-electron chi connectivity index (χ4n) is 2.90. The van der Waals surface area contributed by atoms with Gasteiger partial charge in [-0.3, -0.25) is 0 Å². The summed E-state index contributed by atoms with van der Waals surface area (Å²) in [5.74, 6) is -0.685. The molecule has 0 heterocycles. The van der Waals surface area contributed by atoms with Gasteiger partial charge >= 0.3 is 0 Å². The lowest BCUT2D eigenvalue weighted by Crippen LogP contribution is -2.31. The number of halogens is 2. The van der Waals surface area contributed by atoms with Gasteiger partial charge < -0.3 is 5.73 Å². The summed E-state index contributed by atoms with van der Waals surface area (Å²) in [5, 5.41) is 0.0437. The third kappa shape index (κ3) is 3.49. The van der Waals surface area contributed by atoms with Crippen molar-refractivity contribution in [1.82, 2.24) is 4.72 Å². The van der Waals surface area contributed by atoms with Crippen molar-refractivity contribution in [3.8, 4) is 0 Å². The predicted octanol–water partition coefficient (Wildman–Crippen LogP) is 3.42. The zero-order chi connectivity index (χ0) is 16.6. The molecule has 23 heavy (non-hydrogen) atoms. The highest BCUT2D eigenvalue weighted by atomic mass is 35.5. The maximum atomic E-state index is 13.4. The highest BCUT2D eigenvalue weighted by Gasteiger charge is 2.26. The molecular formula is C16H16ClFN2O2S. The van der Waals surface area contributed by atoms with Gasteiger partial charge in [0.2, 0.25) is 10.0 Å². The summed E-state index contributed by atoms with van der Waals surface area (Å²) >= 11 is 5.75. The molecule has 1 atom stereocenters. The van der Waals surface area contributed by atoms with Gasteiger partial charge in [-0.15, -0.1) is 0 Å². The van der Waals surface area contributed by atoms with E-state index in [9.17, 15) is 12.8 Å². The maximum Gasteiger partial charge on any atom is 0.241 e. The number of sulfonamides is 1. The number of nitrogen functional groups attached to an aromatic ring is 1. The Balaban J connectivity index is 1.93. The van der Waals surface area contributed by atoms with Crippen LogP contribution in [0.15, 0.2) is 41.3 Å². The van der Waals surface area contributed by atoms with Gasteiger partial charge in [-0.1, -0.05) is 17.7 Å². The van der Waals surface area contributed by atoms with Crippen LogP contribution in [0, 0.1) is 5.82 Å². The molecule has 0 spiro atoms. The largest absolute Gasteiger partial charge is 0.399 e. The van der Waals surface area contributed by atoms with E-state index in [0.29, 0.717) is 12.1 Å². The second-order valence-electron chi connectivity index (χ2n) is 5.63. The van der Waals surface area contributed by atoms with E-state index in [1.165, 1.54) is 6.07 Å². The minimum absolute atomic E-state index is 0.0437. The van der Waals surface area contributed by atoms with E-state index in [1.54, 1.807) is 6.07 Å². The zero-order valence-corrected chi connectivity index (χ0v) is 13.8. The van der Waals surface area contributed by atoms with Crippen LogP contribution in [0.25, 0.3) is 0 Å². The molecule has 1 aliphatic rings. The van der Waals surface area contributed by atoms with Crippen molar-refractivity contribution in [3.63, 3.8) is 0 Å². The van der Waals surface area contributed by atoms with Crippen molar-refractivity contribution in [2.24, 2.45) is 0 Å². The zero-order valence-electron chi connectivity index (χ0n) is 12.2.